The Morgan fingerprint density at radius 3 is 2.62 bits per heavy atom. The van der Waals surface area contributed by atoms with Gasteiger partial charge in [-0.15, -0.1) is 0 Å². The van der Waals surface area contributed by atoms with E-state index in [-0.39, 0.29) is 5.75 Å². The van der Waals surface area contributed by atoms with E-state index in [0.717, 1.165) is 19.3 Å². The minimum Gasteiger partial charge on any atom is -0.480 e. The highest BCUT2D eigenvalue weighted by Gasteiger charge is 2.35. The summed E-state index contributed by atoms with van der Waals surface area (Å²) in [7, 11) is -3.35. The summed E-state index contributed by atoms with van der Waals surface area (Å²) in [6.45, 7) is 2.31. The summed E-state index contributed by atoms with van der Waals surface area (Å²) < 4.78 is 24.7. The first-order valence-electron chi connectivity index (χ1n) is 5.71. The van der Waals surface area contributed by atoms with Crippen LogP contribution in [0.3, 0.4) is 0 Å². The first kappa shape index (κ1) is 13.4. The average molecular weight is 249 g/mol. The zero-order chi connectivity index (χ0) is 12.2. The van der Waals surface area contributed by atoms with Crippen molar-refractivity contribution in [2.75, 3.05) is 12.3 Å². The van der Waals surface area contributed by atoms with Gasteiger partial charge in [0.2, 0.25) is 10.0 Å². The monoisotopic (exact) mass is 249 g/mol. The molecule has 0 radical (unpaired) electrons. The molecule has 94 valence electrons. The van der Waals surface area contributed by atoms with Crippen LogP contribution in [-0.4, -0.2) is 42.1 Å². The summed E-state index contributed by atoms with van der Waals surface area (Å²) in [6, 6.07) is -0.870. The molecule has 1 N–H and O–H groups in total. The Labute approximate surface area is 96.5 Å². The summed E-state index contributed by atoms with van der Waals surface area (Å²) in [5.74, 6) is -0.943. The van der Waals surface area contributed by atoms with E-state index in [1.54, 1.807) is 0 Å². The van der Waals surface area contributed by atoms with Gasteiger partial charge in [0.15, 0.2) is 0 Å². The maximum Gasteiger partial charge on any atom is 0.322 e. The van der Waals surface area contributed by atoms with E-state index in [2.05, 4.69) is 0 Å². The third-order valence-corrected chi connectivity index (χ3v) is 4.81. The fourth-order valence-corrected chi connectivity index (χ4v) is 3.74. The molecular formula is C10H19NO4S. The number of unbranched alkanes of at least 4 members (excludes halogenated alkanes) is 1. The van der Waals surface area contributed by atoms with E-state index < -0.39 is 22.0 Å². The highest BCUT2D eigenvalue weighted by Crippen LogP contribution is 2.20. The molecule has 1 aliphatic heterocycles. The van der Waals surface area contributed by atoms with Crippen LogP contribution < -0.4 is 0 Å². The molecule has 1 rings (SSSR count). The van der Waals surface area contributed by atoms with Crippen molar-refractivity contribution >= 4 is 16.0 Å². The van der Waals surface area contributed by atoms with Gasteiger partial charge in [-0.05, 0) is 19.3 Å². The number of carboxylic acid groups (broad SMARTS) is 1. The van der Waals surface area contributed by atoms with Gasteiger partial charge in [-0.2, -0.15) is 4.31 Å². The Kier molecular flexibility index (Phi) is 4.73. The number of rotatable bonds is 5. The summed E-state index contributed by atoms with van der Waals surface area (Å²) >= 11 is 0. The van der Waals surface area contributed by atoms with Gasteiger partial charge in [-0.25, -0.2) is 8.42 Å². The van der Waals surface area contributed by atoms with Gasteiger partial charge in [0.1, 0.15) is 6.04 Å². The molecule has 1 unspecified atom stereocenters. The lowest BCUT2D eigenvalue weighted by Crippen LogP contribution is -2.48. The molecule has 0 bridgehead atoms. The maximum absolute atomic E-state index is 11.8. The van der Waals surface area contributed by atoms with Crippen LogP contribution in [0.1, 0.15) is 39.0 Å². The van der Waals surface area contributed by atoms with Crippen molar-refractivity contribution in [1.29, 1.82) is 0 Å². The van der Waals surface area contributed by atoms with Crippen LogP contribution in [0, 0.1) is 0 Å². The zero-order valence-electron chi connectivity index (χ0n) is 9.55. The summed E-state index contributed by atoms with van der Waals surface area (Å²) in [5.41, 5.74) is 0. The standard InChI is InChI=1S/C10H19NO4S/c1-2-3-6-9(10(12)13)11-7-4-5-8-16(11,14)15/h9H,2-8H2,1H3,(H,12,13). The predicted octanol–water partition coefficient (Wildman–Crippen LogP) is 1.06. The largest absolute Gasteiger partial charge is 0.480 e. The van der Waals surface area contributed by atoms with E-state index in [9.17, 15) is 13.2 Å². The zero-order valence-corrected chi connectivity index (χ0v) is 10.4. The SMILES string of the molecule is CCCCC(C(=O)O)N1CCCCS1(=O)=O. The van der Waals surface area contributed by atoms with Gasteiger partial charge in [0.25, 0.3) is 0 Å². The van der Waals surface area contributed by atoms with Gasteiger partial charge >= 0.3 is 5.97 Å². The van der Waals surface area contributed by atoms with Crippen molar-refractivity contribution in [2.24, 2.45) is 0 Å². The van der Waals surface area contributed by atoms with Crippen LogP contribution in [0.25, 0.3) is 0 Å². The number of sulfonamides is 1. The van der Waals surface area contributed by atoms with E-state index in [0.29, 0.717) is 19.4 Å². The Morgan fingerprint density at radius 2 is 2.12 bits per heavy atom. The molecular weight excluding hydrogens is 230 g/mol. The second-order valence-electron chi connectivity index (χ2n) is 4.13. The molecule has 0 aromatic carbocycles. The van der Waals surface area contributed by atoms with E-state index in [4.69, 9.17) is 5.11 Å². The van der Waals surface area contributed by atoms with Crippen molar-refractivity contribution in [2.45, 2.75) is 45.1 Å². The Bertz CT molecular complexity index is 339. The molecule has 1 heterocycles. The number of nitrogens with zero attached hydrogens (tertiary/aromatic N) is 1. The number of hydrogen-bond donors (Lipinski definition) is 1. The van der Waals surface area contributed by atoms with Crippen LogP contribution in [0.5, 0.6) is 0 Å². The first-order chi connectivity index (χ1) is 7.49. The number of carboxylic acids is 1. The molecule has 5 nitrogen and oxygen atoms in total. The van der Waals surface area contributed by atoms with Crippen molar-refractivity contribution < 1.29 is 18.3 Å². The molecule has 0 aromatic heterocycles. The van der Waals surface area contributed by atoms with Gasteiger partial charge in [-0.1, -0.05) is 19.8 Å². The minimum atomic E-state index is -3.35. The smallest absolute Gasteiger partial charge is 0.322 e. The Morgan fingerprint density at radius 1 is 1.44 bits per heavy atom. The van der Waals surface area contributed by atoms with Gasteiger partial charge in [0, 0.05) is 6.54 Å². The van der Waals surface area contributed by atoms with Gasteiger partial charge in [0.05, 0.1) is 5.75 Å². The second-order valence-corrected chi connectivity index (χ2v) is 6.17. The Hall–Kier alpha value is -0.620. The van der Waals surface area contributed by atoms with E-state index >= 15 is 0 Å². The molecule has 0 aromatic rings. The molecule has 0 amide bonds. The number of carbonyl (C=O) groups is 1. The molecule has 0 spiro atoms. The average Bonchev–Trinajstić information content (AvgIpc) is 2.20. The van der Waals surface area contributed by atoms with Crippen molar-refractivity contribution in [3.05, 3.63) is 0 Å². The van der Waals surface area contributed by atoms with E-state index in [1.807, 2.05) is 6.92 Å². The van der Waals surface area contributed by atoms with Crippen LogP contribution in [0.15, 0.2) is 0 Å². The highest BCUT2D eigenvalue weighted by atomic mass is 32.2. The lowest BCUT2D eigenvalue weighted by molar-refractivity contribution is -0.141. The van der Waals surface area contributed by atoms with Crippen LogP contribution >= 0.6 is 0 Å². The lowest BCUT2D eigenvalue weighted by Gasteiger charge is -2.31. The van der Waals surface area contributed by atoms with Crippen molar-refractivity contribution in [3.63, 3.8) is 0 Å². The third-order valence-electron chi connectivity index (χ3n) is 2.85. The van der Waals surface area contributed by atoms with Crippen LogP contribution in [0.4, 0.5) is 0 Å². The molecule has 1 saturated heterocycles. The van der Waals surface area contributed by atoms with E-state index in [1.165, 1.54) is 4.31 Å². The summed E-state index contributed by atoms with van der Waals surface area (Å²) in [5, 5.41) is 9.08. The maximum atomic E-state index is 11.8. The topological polar surface area (TPSA) is 74.7 Å². The van der Waals surface area contributed by atoms with Gasteiger partial charge in [-0.3, -0.25) is 4.79 Å². The number of aliphatic carboxylic acids is 1. The van der Waals surface area contributed by atoms with Crippen molar-refractivity contribution in [3.8, 4) is 0 Å². The predicted molar refractivity (Wildman–Crippen MR) is 60.7 cm³/mol. The third kappa shape index (κ3) is 3.18. The molecule has 0 aliphatic carbocycles. The first-order valence-corrected chi connectivity index (χ1v) is 7.32. The van der Waals surface area contributed by atoms with Crippen LogP contribution in [-0.2, 0) is 14.8 Å². The normalized spacial score (nSPS) is 22.8. The molecule has 1 fully saturated rings. The molecule has 1 atom stereocenters. The molecule has 16 heavy (non-hydrogen) atoms. The minimum absolute atomic E-state index is 0.0862. The lowest BCUT2D eigenvalue weighted by atomic mass is 10.1. The Balaban J connectivity index is 2.79. The summed E-state index contributed by atoms with van der Waals surface area (Å²) in [6.07, 6.45) is 3.42. The van der Waals surface area contributed by atoms with Gasteiger partial charge < -0.3 is 5.11 Å². The second kappa shape index (κ2) is 5.63. The number of hydrogen-bond acceptors (Lipinski definition) is 3. The van der Waals surface area contributed by atoms with Crippen LogP contribution in [0.2, 0.25) is 0 Å². The molecule has 1 aliphatic rings. The molecule has 0 saturated carbocycles. The molecule has 6 heteroatoms. The van der Waals surface area contributed by atoms with Crippen molar-refractivity contribution in [1.82, 2.24) is 4.31 Å². The fourth-order valence-electron chi connectivity index (χ4n) is 1.95. The fraction of sp³-hybridized carbons (Fsp3) is 0.900. The quantitative estimate of drug-likeness (QED) is 0.790. The highest BCUT2D eigenvalue weighted by molar-refractivity contribution is 7.89. The summed E-state index contributed by atoms with van der Waals surface area (Å²) in [4.78, 5) is 11.1.